The predicted octanol–water partition coefficient (Wildman–Crippen LogP) is 5.19. The molecule has 150 valence electrons. The number of hydrogen-bond donors (Lipinski definition) is 2. The second kappa shape index (κ2) is 10.2. The van der Waals surface area contributed by atoms with Crippen molar-refractivity contribution in [1.29, 1.82) is 5.41 Å². The Labute approximate surface area is 165 Å². The average molecular weight is 372 g/mol. The van der Waals surface area contributed by atoms with Crippen molar-refractivity contribution in [3.8, 4) is 0 Å². The van der Waals surface area contributed by atoms with Gasteiger partial charge in [0.25, 0.3) is 0 Å². The van der Waals surface area contributed by atoms with Crippen molar-refractivity contribution >= 4 is 5.71 Å². The Morgan fingerprint density at radius 3 is 2.30 bits per heavy atom. The first-order chi connectivity index (χ1) is 12.6. The van der Waals surface area contributed by atoms with Crippen LogP contribution in [-0.2, 0) is 11.3 Å². The second-order valence-corrected chi connectivity index (χ2v) is 8.13. The molecule has 0 amide bonds. The highest BCUT2D eigenvalue weighted by atomic mass is 16.5. The second-order valence-electron chi connectivity index (χ2n) is 8.13. The molecule has 0 fully saturated rings. The van der Waals surface area contributed by atoms with Gasteiger partial charge in [0.1, 0.15) is 6.61 Å². The molecule has 0 saturated heterocycles. The van der Waals surface area contributed by atoms with Crippen LogP contribution in [0, 0.1) is 16.7 Å². The van der Waals surface area contributed by atoms with E-state index in [1.165, 1.54) is 11.3 Å². The highest BCUT2D eigenvalue weighted by molar-refractivity contribution is 5.84. The summed E-state index contributed by atoms with van der Waals surface area (Å²) in [5, 5.41) is 11.4. The molecule has 1 aromatic rings. The van der Waals surface area contributed by atoms with Gasteiger partial charge in [0.15, 0.2) is 5.88 Å². The van der Waals surface area contributed by atoms with Crippen LogP contribution in [0.25, 0.3) is 0 Å². The number of benzene rings is 1. The molecule has 0 saturated carbocycles. The summed E-state index contributed by atoms with van der Waals surface area (Å²) in [5.41, 5.74) is 4.02. The van der Waals surface area contributed by atoms with E-state index in [0.29, 0.717) is 30.7 Å². The zero-order chi connectivity index (χ0) is 20.6. The maximum atomic E-state index is 8.12. The van der Waals surface area contributed by atoms with Crippen molar-refractivity contribution in [2.45, 2.75) is 48.1 Å². The highest BCUT2D eigenvalue weighted by Gasteiger charge is 2.26. The van der Waals surface area contributed by atoms with Crippen molar-refractivity contribution in [3.63, 3.8) is 0 Å². The van der Waals surface area contributed by atoms with Gasteiger partial charge in [-0.3, -0.25) is 0 Å². The Bertz CT molecular complexity index is 659. The summed E-state index contributed by atoms with van der Waals surface area (Å²) >= 11 is 0. The molecule has 27 heavy (non-hydrogen) atoms. The van der Waals surface area contributed by atoms with Crippen LogP contribution in [0.4, 0.5) is 0 Å². The SMILES string of the molecule is C=C(OCc1ccccc1)N(C/C(C)=C(/NC)C(C)C)CC(C)(C)C(C)=N. The molecule has 4 heteroatoms. The van der Waals surface area contributed by atoms with Gasteiger partial charge in [-0.1, -0.05) is 58.0 Å². The normalized spacial score (nSPS) is 12.4. The summed E-state index contributed by atoms with van der Waals surface area (Å²) in [7, 11) is 1.97. The van der Waals surface area contributed by atoms with Crippen LogP contribution in [0.15, 0.2) is 54.1 Å². The molecule has 0 aliphatic rings. The van der Waals surface area contributed by atoms with Gasteiger partial charge in [-0.2, -0.15) is 0 Å². The van der Waals surface area contributed by atoms with Crippen LogP contribution < -0.4 is 5.32 Å². The molecule has 0 aliphatic heterocycles. The summed E-state index contributed by atoms with van der Waals surface area (Å²) in [4.78, 5) is 2.15. The lowest BCUT2D eigenvalue weighted by atomic mass is 9.87. The lowest BCUT2D eigenvalue weighted by Gasteiger charge is -2.35. The van der Waals surface area contributed by atoms with Crippen molar-refractivity contribution in [2.24, 2.45) is 11.3 Å². The molecule has 4 nitrogen and oxygen atoms in total. The lowest BCUT2D eigenvalue weighted by Crippen LogP contribution is -2.39. The van der Waals surface area contributed by atoms with E-state index in [2.05, 4.69) is 51.4 Å². The lowest BCUT2D eigenvalue weighted by molar-refractivity contribution is 0.0953. The number of allylic oxidation sites excluding steroid dienone is 1. The predicted molar refractivity (Wildman–Crippen MR) is 116 cm³/mol. The van der Waals surface area contributed by atoms with E-state index in [0.717, 1.165) is 12.1 Å². The van der Waals surface area contributed by atoms with Gasteiger partial charge in [0.2, 0.25) is 0 Å². The van der Waals surface area contributed by atoms with Gasteiger partial charge in [-0.15, -0.1) is 0 Å². The van der Waals surface area contributed by atoms with E-state index in [9.17, 15) is 0 Å². The first-order valence-electron chi connectivity index (χ1n) is 9.62. The molecule has 1 aromatic carbocycles. The zero-order valence-electron chi connectivity index (χ0n) is 18.1. The van der Waals surface area contributed by atoms with E-state index < -0.39 is 0 Å². The van der Waals surface area contributed by atoms with Crippen molar-refractivity contribution < 1.29 is 4.74 Å². The van der Waals surface area contributed by atoms with Crippen LogP contribution >= 0.6 is 0 Å². The third-order valence-electron chi connectivity index (χ3n) is 4.94. The monoisotopic (exact) mass is 371 g/mol. The molecule has 0 radical (unpaired) electrons. The number of rotatable bonds is 11. The van der Waals surface area contributed by atoms with Gasteiger partial charge >= 0.3 is 0 Å². The fraction of sp³-hybridized carbons (Fsp3) is 0.522. The van der Waals surface area contributed by atoms with Gasteiger partial charge in [0, 0.05) is 37.0 Å². The molecule has 0 heterocycles. The van der Waals surface area contributed by atoms with E-state index in [1.54, 1.807) is 0 Å². The minimum Gasteiger partial charge on any atom is -0.475 e. The van der Waals surface area contributed by atoms with Gasteiger partial charge < -0.3 is 20.4 Å². The third-order valence-corrected chi connectivity index (χ3v) is 4.94. The van der Waals surface area contributed by atoms with Crippen molar-refractivity contribution in [3.05, 3.63) is 59.6 Å². The fourth-order valence-corrected chi connectivity index (χ4v) is 3.03. The van der Waals surface area contributed by atoms with Gasteiger partial charge in [-0.25, -0.2) is 0 Å². The molecule has 0 unspecified atom stereocenters. The first-order valence-corrected chi connectivity index (χ1v) is 9.62. The molecule has 1 rings (SSSR count). The summed E-state index contributed by atoms with van der Waals surface area (Å²) in [6.45, 7) is 18.6. The van der Waals surface area contributed by atoms with E-state index in [-0.39, 0.29) is 5.41 Å². The minimum absolute atomic E-state index is 0.253. The van der Waals surface area contributed by atoms with E-state index >= 15 is 0 Å². The average Bonchev–Trinajstić information content (AvgIpc) is 2.59. The van der Waals surface area contributed by atoms with Crippen LogP contribution in [0.2, 0.25) is 0 Å². The van der Waals surface area contributed by atoms with Crippen LogP contribution in [-0.4, -0.2) is 30.7 Å². The number of nitrogens with zero attached hydrogens (tertiary/aromatic N) is 1. The molecule has 2 N–H and O–H groups in total. The topological polar surface area (TPSA) is 48.4 Å². The quantitative estimate of drug-likeness (QED) is 0.415. The number of hydrogen-bond acceptors (Lipinski definition) is 4. The Morgan fingerprint density at radius 1 is 1.22 bits per heavy atom. The largest absolute Gasteiger partial charge is 0.475 e. The number of nitrogens with one attached hydrogen (secondary N) is 2. The molecule has 0 aromatic heterocycles. The number of ether oxygens (including phenoxy) is 1. The molecule has 0 bridgehead atoms. The molecule has 0 spiro atoms. The third kappa shape index (κ3) is 7.12. The molecule has 0 atom stereocenters. The summed E-state index contributed by atoms with van der Waals surface area (Å²) in [5.74, 6) is 1.07. The van der Waals surface area contributed by atoms with E-state index in [4.69, 9.17) is 10.1 Å². The summed E-state index contributed by atoms with van der Waals surface area (Å²) in [6, 6.07) is 10.1. The minimum atomic E-state index is -0.253. The Kier molecular flexibility index (Phi) is 8.61. The Hall–Kier alpha value is -2.23. The highest BCUT2D eigenvalue weighted by Crippen LogP contribution is 2.24. The van der Waals surface area contributed by atoms with Gasteiger partial charge in [-0.05, 0) is 37.5 Å². The molecule has 0 aliphatic carbocycles. The van der Waals surface area contributed by atoms with Gasteiger partial charge in [0.05, 0.1) is 0 Å². The van der Waals surface area contributed by atoms with E-state index in [1.807, 2.05) is 44.3 Å². The zero-order valence-corrected chi connectivity index (χ0v) is 18.1. The standard InChI is InChI=1S/C23H37N3O/c1-17(2)22(25-8)18(3)14-26(16-23(6,7)19(4)24)20(5)27-15-21-12-10-9-11-13-21/h9-13,17,24-25H,5,14-16H2,1-4,6-8H3/b22-18+,24-19?. The van der Waals surface area contributed by atoms with Crippen LogP contribution in [0.3, 0.4) is 0 Å². The maximum Gasteiger partial charge on any atom is 0.182 e. The van der Waals surface area contributed by atoms with Crippen LogP contribution in [0.5, 0.6) is 0 Å². The fourth-order valence-electron chi connectivity index (χ4n) is 3.03. The van der Waals surface area contributed by atoms with Crippen molar-refractivity contribution in [1.82, 2.24) is 10.2 Å². The molecular formula is C23H37N3O. The Balaban J connectivity index is 2.99. The first kappa shape index (κ1) is 22.8. The summed E-state index contributed by atoms with van der Waals surface area (Å²) < 4.78 is 6.01. The summed E-state index contributed by atoms with van der Waals surface area (Å²) in [6.07, 6.45) is 0. The smallest absolute Gasteiger partial charge is 0.182 e. The Morgan fingerprint density at radius 2 is 1.81 bits per heavy atom. The molecular weight excluding hydrogens is 334 g/mol. The maximum absolute atomic E-state index is 8.12. The van der Waals surface area contributed by atoms with Crippen molar-refractivity contribution in [2.75, 3.05) is 20.1 Å². The van der Waals surface area contributed by atoms with Crippen LogP contribution in [0.1, 0.15) is 47.1 Å².